The molecule has 0 saturated heterocycles. The highest BCUT2D eigenvalue weighted by atomic mass is 19.4. The van der Waals surface area contributed by atoms with Crippen molar-refractivity contribution in [1.82, 2.24) is 0 Å². The Morgan fingerprint density at radius 1 is 1.20 bits per heavy atom. The van der Waals surface area contributed by atoms with Crippen LogP contribution in [-0.4, -0.2) is 17.3 Å². The fourth-order valence-corrected chi connectivity index (χ4v) is 2.83. The van der Waals surface area contributed by atoms with Crippen molar-refractivity contribution in [2.75, 3.05) is 5.32 Å². The highest BCUT2D eigenvalue weighted by molar-refractivity contribution is 5.59. The Balaban J connectivity index is 2.09. The van der Waals surface area contributed by atoms with Gasteiger partial charge in [0.1, 0.15) is 5.75 Å². The molecule has 0 aromatic heterocycles. The Hall–Kier alpha value is -1.39. The molecule has 1 fully saturated rings. The number of rotatable bonds is 2. The van der Waals surface area contributed by atoms with E-state index in [1.807, 2.05) is 6.07 Å². The molecular formula is C15H20F3NO. The summed E-state index contributed by atoms with van der Waals surface area (Å²) in [6.45, 7) is 3.57. The van der Waals surface area contributed by atoms with Crippen LogP contribution in [0, 0.1) is 19.8 Å². The second-order valence-corrected chi connectivity index (χ2v) is 5.65. The van der Waals surface area contributed by atoms with Gasteiger partial charge in [0, 0.05) is 17.3 Å². The lowest BCUT2D eigenvalue weighted by atomic mass is 9.85. The van der Waals surface area contributed by atoms with Crippen molar-refractivity contribution in [3.63, 3.8) is 0 Å². The van der Waals surface area contributed by atoms with Crippen LogP contribution in [0.2, 0.25) is 0 Å². The number of benzene rings is 1. The maximum atomic E-state index is 12.8. The number of hydrogen-bond acceptors (Lipinski definition) is 2. The summed E-state index contributed by atoms with van der Waals surface area (Å²) in [5.74, 6) is -1.01. The lowest BCUT2D eigenvalue weighted by Crippen LogP contribution is -2.34. The molecule has 2 atom stereocenters. The van der Waals surface area contributed by atoms with Crippen LogP contribution in [-0.2, 0) is 0 Å². The average molecular weight is 287 g/mol. The molecule has 1 aliphatic carbocycles. The summed E-state index contributed by atoms with van der Waals surface area (Å²) in [6.07, 6.45) is -2.46. The molecule has 0 radical (unpaired) electrons. The van der Waals surface area contributed by atoms with Crippen LogP contribution < -0.4 is 5.32 Å². The lowest BCUT2D eigenvalue weighted by Gasteiger charge is -2.32. The number of alkyl halides is 3. The fraction of sp³-hybridized carbons (Fsp3) is 0.600. The number of hydrogen-bond donors (Lipinski definition) is 2. The SMILES string of the molecule is Cc1ccc(NC2CCCC(C(F)(F)F)C2)c(C)c1O. The minimum Gasteiger partial charge on any atom is -0.507 e. The Labute approximate surface area is 117 Å². The summed E-state index contributed by atoms with van der Waals surface area (Å²) >= 11 is 0. The first kappa shape index (κ1) is 15.0. The Morgan fingerprint density at radius 2 is 1.90 bits per heavy atom. The third kappa shape index (κ3) is 3.19. The molecule has 1 aromatic carbocycles. The van der Waals surface area contributed by atoms with Crippen LogP contribution >= 0.6 is 0 Å². The minimum atomic E-state index is -4.11. The molecule has 2 N–H and O–H groups in total. The molecule has 5 heteroatoms. The maximum absolute atomic E-state index is 12.8. The van der Waals surface area contributed by atoms with Gasteiger partial charge in [0.2, 0.25) is 0 Å². The van der Waals surface area contributed by atoms with E-state index >= 15 is 0 Å². The van der Waals surface area contributed by atoms with Gasteiger partial charge in [0.25, 0.3) is 0 Å². The van der Waals surface area contributed by atoms with E-state index in [0.29, 0.717) is 12.0 Å². The standard InChI is InChI=1S/C15H20F3NO/c1-9-6-7-13(10(2)14(9)20)19-12-5-3-4-11(8-12)15(16,17)18/h6-7,11-12,19-20H,3-5,8H2,1-2H3. The zero-order chi connectivity index (χ0) is 14.9. The smallest absolute Gasteiger partial charge is 0.391 e. The molecule has 2 rings (SSSR count). The molecule has 0 spiro atoms. The average Bonchev–Trinajstić information content (AvgIpc) is 2.39. The summed E-state index contributed by atoms with van der Waals surface area (Å²) < 4.78 is 38.3. The van der Waals surface area contributed by atoms with Crippen molar-refractivity contribution in [2.24, 2.45) is 5.92 Å². The fourth-order valence-electron chi connectivity index (χ4n) is 2.83. The van der Waals surface area contributed by atoms with E-state index in [2.05, 4.69) is 5.32 Å². The van der Waals surface area contributed by atoms with Crippen molar-refractivity contribution >= 4 is 5.69 Å². The Bertz CT molecular complexity index is 485. The van der Waals surface area contributed by atoms with E-state index < -0.39 is 12.1 Å². The van der Waals surface area contributed by atoms with E-state index in [0.717, 1.165) is 17.7 Å². The largest absolute Gasteiger partial charge is 0.507 e. The van der Waals surface area contributed by atoms with Crippen LogP contribution in [0.15, 0.2) is 12.1 Å². The molecule has 0 amide bonds. The predicted molar refractivity (Wildman–Crippen MR) is 73.0 cm³/mol. The van der Waals surface area contributed by atoms with E-state index in [1.54, 1.807) is 19.9 Å². The number of phenolic OH excluding ortho intramolecular Hbond substituents is 1. The molecule has 20 heavy (non-hydrogen) atoms. The van der Waals surface area contributed by atoms with Crippen molar-refractivity contribution in [3.8, 4) is 5.75 Å². The third-order valence-corrected chi connectivity index (χ3v) is 4.13. The molecule has 0 heterocycles. The second kappa shape index (κ2) is 5.54. The van der Waals surface area contributed by atoms with Gasteiger partial charge in [-0.15, -0.1) is 0 Å². The summed E-state index contributed by atoms with van der Waals surface area (Å²) in [5, 5.41) is 13.0. The molecule has 0 aliphatic heterocycles. The lowest BCUT2D eigenvalue weighted by molar-refractivity contribution is -0.182. The highest BCUT2D eigenvalue weighted by Gasteiger charge is 2.42. The first-order chi connectivity index (χ1) is 9.29. The topological polar surface area (TPSA) is 32.3 Å². The van der Waals surface area contributed by atoms with Crippen molar-refractivity contribution < 1.29 is 18.3 Å². The highest BCUT2D eigenvalue weighted by Crippen LogP contribution is 2.39. The van der Waals surface area contributed by atoms with Gasteiger partial charge < -0.3 is 10.4 Å². The van der Waals surface area contributed by atoms with Crippen LogP contribution in [0.1, 0.15) is 36.8 Å². The first-order valence-electron chi connectivity index (χ1n) is 6.91. The van der Waals surface area contributed by atoms with Crippen molar-refractivity contribution in [2.45, 2.75) is 51.7 Å². The number of halogens is 3. The molecule has 1 saturated carbocycles. The van der Waals surface area contributed by atoms with Gasteiger partial charge in [0.05, 0.1) is 5.92 Å². The molecule has 112 valence electrons. The summed E-state index contributed by atoms with van der Waals surface area (Å²) in [7, 11) is 0. The number of nitrogens with one attached hydrogen (secondary N) is 1. The van der Waals surface area contributed by atoms with Gasteiger partial charge in [-0.05, 0) is 44.7 Å². The Kier molecular flexibility index (Phi) is 4.16. The van der Waals surface area contributed by atoms with Crippen LogP contribution in [0.25, 0.3) is 0 Å². The Morgan fingerprint density at radius 3 is 2.55 bits per heavy atom. The number of aryl methyl sites for hydroxylation is 1. The summed E-state index contributed by atoms with van der Waals surface area (Å²) in [6, 6.07) is 3.41. The monoisotopic (exact) mass is 287 g/mol. The second-order valence-electron chi connectivity index (χ2n) is 5.65. The van der Waals surface area contributed by atoms with Gasteiger partial charge >= 0.3 is 6.18 Å². The molecule has 1 aliphatic rings. The van der Waals surface area contributed by atoms with Crippen LogP contribution in [0.4, 0.5) is 18.9 Å². The van der Waals surface area contributed by atoms with Crippen molar-refractivity contribution in [3.05, 3.63) is 23.3 Å². The van der Waals surface area contributed by atoms with Gasteiger partial charge in [-0.1, -0.05) is 12.5 Å². The predicted octanol–water partition coefficient (Wildman–Crippen LogP) is 4.54. The van der Waals surface area contributed by atoms with Crippen LogP contribution in [0.3, 0.4) is 0 Å². The number of anilines is 1. The van der Waals surface area contributed by atoms with Gasteiger partial charge in [-0.2, -0.15) is 13.2 Å². The zero-order valence-corrected chi connectivity index (χ0v) is 11.7. The van der Waals surface area contributed by atoms with E-state index in [9.17, 15) is 18.3 Å². The quantitative estimate of drug-likeness (QED) is 0.837. The molecular weight excluding hydrogens is 267 g/mol. The van der Waals surface area contributed by atoms with E-state index in [-0.39, 0.29) is 24.6 Å². The van der Waals surface area contributed by atoms with Crippen molar-refractivity contribution in [1.29, 1.82) is 0 Å². The van der Waals surface area contributed by atoms with E-state index in [4.69, 9.17) is 0 Å². The summed E-state index contributed by atoms with van der Waals surface area (Å²) in [4.78, 5) is 0. The minimum absolute atomic E-state index is 0.109. The van der Waals surface area contributed by atoms with Crippen LogP contribution in [0.5, 0.6) is 5.75 Å². The molecule has 0 bridgehead atoms. The third-order valence-electron chi connectivity index (χ3n) is 4.13. The maximum Gasteiger partial charge on any atom is 0.391 e. The molecule has 2 unspecified atom stereocenters. The number of phenols is 1. The van der Waals surface area contributed by atoms with Gasteiger partial charge in [0.15, 0.2) is 0 Å². The normalized spacial score (nSPS) is 23.6. The zero-order valence-electron chi connectivity index (χ0n) is 11.7. The molecule has 1 aromatic rings. The summed E-state index contributed by atoms with van der Waals surface area (Å²) in [5.41, 5.74) is 2.19. The number of aromatic hydroxyl groups is 1. The van der Waals surface area contributed by atoms with Gasteiger partial charge in [-0.25, -0.2) is 0 Å². The van der Waals surface area contributed by atoms with Gasteiger partial charge in [-0.3, -0.25) is 0 Å². The van der Waals surface area contributed by atoms with E-state index in [1.165, 1.54) is 0 Å². The first-order valence-corrected chi connectivity index (χ1v) is 6.91. The molecule has 2 nitrogen and oxygen atoms in total.